The third kappa shape index (κ3) is 8.74. The molecule has 0 aliphatic heterocycles. The summed E-state index contributed by atoms with van der Waals surface area (Å²) in [5.41, 5.74) is 5.40. The van der Waals surface area contributed by atoms with E-state index in [2.05, 4.69) is 6.58 Å². The average molecular weight is 293 g/mol. The largest absolute Gasteiger partial charge is 0.493 e. The zero-order valence-corrected chi connectivity index (χ0v) is 13.2. The normalized spacial score (nSPS) is 19.4. The van der Waals surface area contributed by atoms with Gasteiger partial charge < -0.3 is 15.6 Å². The summed E-state index contributed by atoms with van der Waals surface area (Å²) in [6.07, 6.45) is 16.4. The summed E-state index contributed by atoms with van der Waals surface area (Å²) in [5.74, 6) is 1.50. The van der Waals surface area contributed by atoms with Gasteiger partial charge in [0.2, 0.25) is 0 Å². The van der Waals surface area contributed by atoms with Gasteiger partial charge in [-0.1, -0.05) is 44.4 Å². The van der Waals surface area contributed by atoms with Crippen LogP contribution >= 0.6 is 0 Å². The lowest BCUT2D eigenvalue weighted by Crippen LogP contribution is -2.12. The molecule has 3 nitrogen and oxygen atoms in total. The second kappa shape index (κ2) is 11.6. The van der Waals surface area contributed by atoms with Gasteiger partial charge in [0.1, 0.15) is 5.76 Å². The van der Waals surface area contributed by atoms with E-state index in [-0.39, 0.29) is 6.10 Å². The lowest BCUT2D eigenvalue weighted by molar-refractivity contribution is 0.165. The van der Waals surface area contributed by atoms with Crippen molar-refractivity contribution in [3.05, 3.63) is 36.6 Å². The fourth-order valence-corrected chi connectivity index (χ4v) is 2.63. The van der Waals surface area contributed by atoms with Gasteiger partial charge in [0.15, 0.2) is 0 Å². The summed E-state index contributed by atoms with van der Waals surface area (Å²) in [5, 5.41) is 9.57. The van der Waals surface area contributed by atoms with E-state index >= 15 is 0 Å². The van der Waals surface area contributed by atoms with Crippen molar-refractivity contribution < 1.29 is 9.84 Å². The summed E-state index contributed by atoms with van der Waals surface area (Å²) in [4.78, 5) is 0. The highest BCUT2D eigenvalue weighted by atomic mass is 16.5. The van der Waals surface area contributed by atoms with Gasteiger partial charge in [0.05, 0.1) is 12.7 Å². The zero-order chi connectivity index (χ0) is 15.3. The second-order valence-electron chi connectivity index (χ2n) is 5.84. The molecule has 1 saturated carbocycles. The van der Waals surface area contributed by atoms with Crippen LogP contribution in [0.15, 0.2) is 36.6 Å². The smallest absolute Gasteiger partial charge is 0.118 e. The van der Waals surface area contributed by atoms with E-state index in [1.54, 1.807) is 6.08 Å². The lowest BCUT2D eigenvalue weighted by atomic mass is 10.0. The molecule has 0 bridgehead atoms. The lowest BCUT2D eigenvalue weighted by Gasteiger charge is -2.15. The highest BCUT2D eigenvalue weighted by Gasteiger charge is 2.12. The van der Waals surface area contributed by atoms with Crippen molar-refractivity contribution in [3.8, 4) is 0 Å². The molecule has 1 fully saturated rings. The molecular weight excluding hydrogens is 262 g/mol. The van der Waals surface area contributed by atoms with Crippen LogP contribution < -0.4 is 5.73 Å². The van der Waals surface area contributed by atoms with E-state index in [1.165, 1.54) is 38.5 Å². The molecule has 21 heavy (non-hydrogen) atoms. The first kappa shape index (κ1) is 18.0. The molecule has 1 aliphatic carbocycles. The summed E-state index contributed by atoms with van der Waals surface area (Å²) in [6.45, 7) is 5.11. The first-order valence-corrected chi connectivity index (χ1v) is 8.26. The molecule has 120 valence electrons. The van der Waals surface area contributed by atoms with E-state index < -0.39 is 0 Å². The molecule has 0 aromatic carbocycles. The van der Waals surface area contributed by atoms with Gasteiger partial charge >= 0.3 is 0 Å². The highest BCUT2D eigenvalue weighted by molar-refractivity contribution is 5.16. The van der Waals surface area contributed by atoms with E-state index in [0.717, 1.165) is 12.4 Å². The SMILES string of the molecule is C=C/C(=C\C=C/CC(O)CCN)OCC1CCCCCC1. The monoisotopic (exact) mass is 293 g/mol. The van der Waals surface area contributed by atoms with Crippen LogP contribution in [0, 0.1) is 5.92 Å². The maximum atomic E-state index is 9.57. The Labute approximate surface area is 129 Å². The van der Waals surface area contributed by atoms with Gasteiger partial charge in [-0.2, -0.15) is 0 Å². The summed E-state index contributed by atoms with van der Waals surface area (Å²) in [6, 6.07) is 0. The maximum Gasteiger partial charge on any atom is 0.118 e. The van der Waals surface area contributed by atoms with Gasteiger partial charge in [-0.3, -0.25) is 0 Å². The van der Waals surface area contributed by atoms with Gasteiger partial charge in [-0.25, -0.2) is 0 Å². The maximum absolute atomic E-state index is 9.57. The molecular formula is C18H31NO2. The van der Waals surface area contributed by atoms with Crippen molar-refractivity contribution in [3.63, 3.8) is 0 Å². The summed E-state index contributed by atoms with van der Waals surface area (Å²) in [7, 11) is 0. The van der Waals surface area contributed by atoms with Crippen LogP contribution in [0.1, 0.15) is 51.4 Å². The highest BCUT2D eigenvalue weighted by Crippen LogP contribution is 2.23. The molecule has 0 aromatic rings. The molecule has 0 aromatic heterocycles. The number of hydrogen-bond donors (Lipinski definition) is 2. The van der Waals surface area contributed by atoms with Crippen LogP contribution in [0.3, 0.4) is 0 Å². The Hall–Kier alpha value is -1.06. The predicted octanol–water partition coefficient (Wildman–Crippen LogP) is 3.70. The van der Waals surface area contributed by atoms with Crippen LogP contribution in [0.4, 0.5) is 0 Å². The average Bonchev–Trinajstić information content (AvgIpc) is 2.75. The molecule has 1 atom stereocenters. The van der Waals surface area contributed by atoms with E-state index in [9.17, 15) is 5.11 Å². The molecule has 1 rings (SSSR count). The third-order valence-electron chi connectivity index (χ3n) is 3.97. The van der Waals surface area contributed by atoms with Crippen molar-refractivity contribution in [1.82, 2.24) is 0 Å². The quantitative estimate of drug-likeness (QED) is 0.387. The molecule has 0 saturated heterocycles. The molecule has 0 heterocycles. The van der Waals surface area contributed by atoms with E-state index in [4.69, 9.17) is 10.5 Å². The second-order valence-corrected chi connectivity index (χ2v) is 5.84. The van der Waals surface area contributed by atoms with Crippen LogP contribution in [0.2, 0.25) is 0 Å². The van der Waals surface area contributed by atoms with Crippen LogP contribution in [0.25, 0.3) is 0 Å². The van der Waals surface area contributed by atoms with Crippen molar-refractivity contribution >= 4 is 0 Å². The Morgan fingerprint density at radius 1 is 1.29 bits per heavy atom. The van der Waals surface area contributed by atoms with Gasteiger partial charge in [0.25, 0.3) is 0 Å². The molecule has 1 aliphatic rings. The number of nitrogens with two attached hydrogens (primary N) is 1. The first-order valence-electron chi connectivity index (χ1n) is 8.26. The Morgan fingerprint density at radius 3 is 2.62 bits per heavy atom. The predicted molar refractivity (Wildman–Crippen MR) is 88.9 cm³/mol. The summed E-state index contributed by atoms with van der Waals surface area (Å²) >= 11 is 0. The Kier molecular flexibility index (Phi) is 9.92. The number of allylic oxidation sites excluding steroid dienone is 3. The van der Waals surface area contributed by atoms with Crippen LogP contribution in [-0.2, 0) is 4.74 Å². The van der Waals surface area contributed by atoms with Crippen molar-refractivity contribution in [1.29, 1.82) is 0 Å². The fourth-order valence-electron chi connectivity index (χ4n) is 2.63. The Bertz CT molecular complexity index is 328. The third-order valence-corrected chi connectivity index (χ3v) is 3.97. The first-order chi connectivity index (χ1) is 10.3. The van der Waals surface area contributed by atoms with E-state index in [0.29, 0.717) is 25.3 Å². The molecule has 0 amide bonds. The Balaban J connectivity index is 2.30. The standard InChI is InChI=1S/C18H31NO2/c1-2-18(12-8-7-11-17(20)13-14-19)21-15-16-9-5-3-4-6-10-16/h2,7-8,12,16-17,20H,1,3-6,9-11,13-15,19H2/b8-7-,18-12+. The molecule has 0 spiro atoms. The van der Waals surface area contributed by atoms with Gasteiger partial charge in [-0.05, 0) is 50.3 Å². The minimum Gasteiger partial charge on any atom is -0.493 e. The molecule has 3 heteroatoms. The van der Waals surface area contributed by atoms with Crippen molar-refractivity contribution in [2.24, 2.45) is 11.7 Å². The molecule has 3 N–H and O–H groups in total. The number of ether oxygens (including phenoxy) is 1. The Morgan fingerprint density at radius 2 is 2.00 bits per heavy atom. The van der Waals surface area contributed by atoms with Crippen molar-refractivity contribution in [2.75, 3.05) is 13.2 Å². The number of rotatable bonds is 9. The topological polar surface area (TPSA) is 55.5 Å². The van der Waals surface area contributed by atoms with Crippen LogP contribution in [0.5, 0.6) is 0 Å². The van der Waals surface area contributed by atoms with E-state index in [1.807, 2.05) is 18.2 Å². The van der Waals surface area contributed by atoms with Crippen LogP contribution in [-0.4, -0.2) is 24.4 Å². The number of aliphatic hydroxyl groups is 1. The zero-order valence-electron chi connectivity index (χ0n) is 13.2. The molecule has 1 unspecified atom stereocenters. The van der Waals surface area contributed by atoms with Gasteiger partial charge in [0, 0.05) is 0 Å². The summed E-state index contributed by atoms with van der Waals surface area (Å²) < 4.78 is 5.85. The minimum absolute atomic E-state index is 0.348. The van der Waals surface area contributed by atoms with Gasteiger partial charge in [-0.15, -0.1) is 0 Å². The number of hydrogen-bond acceptors (Lipinski definition) is 3. The molecule has 0 radical (unpaired) electrons. The fraction of sp³-hybridized carbons (Fsp3) is 0.667. The minimum atomic E-state index is -0.348. The number of aliphatic hydroxyl groups excluding tert-OH is 1. The van der Waals surface area contributed by atoms with Crippen molar-refractivity contribution in [2.45, 2.75) is 57.5 Å².